The Balaban J connectivity index is 3.41. The van der Waals surface area contributed by atoms with Gasteiger partial charge in [0, 0.05) is 0 Å². The van der Waals surface area contributed by atoms with Crippen molar-refractivity contribution < 1.29 is 26.7 Å². The van der Waals surface area contributed by atoms with Gasteiger partial charge in [0.25, 0.3) is 0 Å². The summed E-state index contributed by atoms with van der Waals surface area (Å²) in [5, 5.41) is 0. The first-order valence-corrected chi connectivity index (χ1v) is 3.86. The summed E-state index contributed by atoms with van der Waals surface area (Å²) >= 11 is 0. The van der Waals surface area contributed by atoms with Crippen LogP contribution in [0.5, 0.6) is 0 Å². The minimum Gasteiger partial charge on any atom is -0.316 e. The normalized spacial score (nSPS) is 12.5. The summed E-state index contributed by atoms with van der Waals surface area (Å²) in [6, 6.07) is 0. The van der Waals surface area contributed by atoms with Crippen molar-refractivity contribution in [3.05, 3.63) is 0 Å². The van der Waals surface area contributed by atoms with E-state index in [1.54, 1.807) is 0 Å². The molecule has 13 heavy (non-hydrogen) atoms. The SMILES string of the molecule is FCCCCCOC(F)(F)C(F)F. The van der Waals surface area contributed by atoms with E-state index >= 15 is 0 Å². The highest BCUT2D eigenvalue weighted by Gasteiger charge is 2.41. The monoisotopic (exact) mass is 206 g/mol. The summed E-state index contributed by atoms with van der Waals surface area (Å²) in [5.74, 6) is 0. The van der Waals surface area contributed by atoms with Crippen molar-refractivity contribution >= 4 is 0 Å². The van der Waals surface area contributed by atoms with Gasteiger partial charge in [-0.15, -0.1) is 0 Å². The summed E-state index contributed by atoms with van der Waals surface area (Å²) in [5.41, 5.74) is 0. The van der Waals surface area contributed by atoms with E-state index in [0.717, 1.165) is 0 Å². The Bertz CT molecular complexity index is 128. The maximum absolute atomic E-state index is 12.0. The van der Waals surface area contributed by atoms with E-state index < -0.39 is 25.8 Å². The standard InChI is InChI=1S/C7H11F5O/c8-4-2-1-3-5-13-7(11,12)6(9)10/h6H,1-5H2. The molecule has 0 aromatic carbocycles. The Morgan fingerprint density at radius 2 is 1.69 bits per heavy atom. The summed E-state index contributed by atoms with van der Waals surface area (Å²) in [7, 11) is 0. The Labute approximate surface area is 72.9 Å². The highest BCUT2D eigenvalue weighted by Crippen LogP contribution is 2.24. The molecule has 0 aromatic rings. The molecule has 0 unspecified atom stereocenters. The number of rotatable bonds is 7. The van der Waals surface area contributed by atoms with E-state index in [4.69, 9.17) is 0 Å². The van der Waals surface area contributed by atoms with Crippen LogP contribution < -0.4 is 0 Å². The summed E-state index contributed by atoms with van der Waals surface area (Å²) in [6.07, 6.45) is -7.44. The lowest BCUT2D eigenvalue weighted by Crippen LogP contribution is -2.30. The van der Waals surface area contributed by atoms with Gasteiger partial charge in [0.05, 0.1) is 13.3 Å². The predicted molar refractivity (Wildman–Crippen MR) is 36.7 cm³/mol. The molecule has 0 bridgehead atoms. The molecule has 0 fully saturated rings. The molecule has 0 rings (SSSR count). The van der Waals surface area contributed by atoms with Crippen molar-refractivity contribution in [2.75, 3.05) is 13.3 Å². The number of hydrogen-bond acceptors (Lipinski definition) is 1. The number of alkyl halides is 5. The van der Waals surface area contributed by atoms with Gasteiger partial charge in [0.1, 0.15) is 0 Å². The zero-order chi connectivity index (χ0) is 10.3. The number of ether oxygens (including phenoxy) is 1. The molecular formula is C7H11F5O. The highest BCUT2D eigenvalue weighted by molar-refractivity contribution is 4.54. The minimum atomic E-state index is -4.38. The average molecular weight is 206 g/mol. The van der Waals surface area contributed by atoms with Crippen LogP contribution in [0, 0.1) is 0 Å². The first-order valence-electron chi connectivity index (χ1n) is 3.86. The fourth-order valence-corrected chi connectivity index (χ4v) is 0.645. The quantitative estimate of drug-likeness (QED) is 0.459. The third kappa shape index (κ3) is 5.79. The van der Waals surface area contributed by atoms with Crippen molar-refractivity contribution in [3.8, 4) is 0 Å². The summed E-state index contributed by atoms with van der Waals surface area (Å²) in [4.78, 5) is 0. The molecule has 0 saturated heterocycles. The van der Waals surface area contributed by atoms with Crippen LogP contribution >= 0.6 is 0 Å². The van der Waals surface area contributed by atoms with Crippen molar-refractivity contribution in [1.82, 2.24) is 0 Å². The van der Waals surface area contributed by atoms with Crippen LogP contribution in [0.4, 0.5) is 22.0 Å². The third-order valence-electron chi connectivity index (χ3n) is 1.33. The number of hydrogen-bond donors (Lipinski definition) is 0. The van der Waals surface area contributed by atoms with Crippen molar-refractivity contribution in [2.24, 2.45) is 0 Å². The fraction of sp³-hybridized carbons (Fsp3) is 1.00. The van der Waals surface area contributed by atoms with E-state index in [9.17, 15) is 22.0 Å². The molecule has 0 radical (unpaired) electrons. The topological polar surface area (TPSA) is 9.23 Å². The van der Waals surface area contributed by atoms with Crippen LogP contribution in [0.25, 0.3) is 0 Å². The molecule has 0 N–H and O–H groups in total. The molecule has 6 heteroatoms. The average Bonchev–Trinajstić information content (AvgIpc) is 2.03. The molecule has 0 atom stereocenters. The zero-order valence-corrected chi connectivity index (χ0v) is 6.91. The zero-order valence-electron chi connectivity index (χ0n) is 6.91. The van der Waals surface area contributed by atoms with Crippen LogP contribution in [0.1, 0.15) is 19.3 Å². The Morgan fingerprint density at radius 1 is 1.08 bits per heavy atom. The largest absolute Gasteiger partial charge is 0.416 e. The Morgan fingerprint density at radius 3 is 2.15 bits per heavy atom. The summed E-state index contributed by atoms with van der Waals surface area (Å²) < 4.78 is 62.0. The van der Waals surface area contributed by atoms with E-state index in [1.165, 1.54) is 0 Å². The van der Waals surface area contributed by atoms with E-state index in [0.29, 0.717) is 6.42 Å². The molecule has 80 valence electrons. The number of unbranched alkanes of at least 4 members (excludes halogenated alkanes) is 2. The molecule has 0 aliphatic carbocycles. The highest BCUT2D eigenvalue weighted by atomic mass is 19.3. The van der Waals surface area contributed by atoms with E-state index in [1.807, 2.05) is 0 Å². The van der Waals surface area contributed by atoms with Gasteiger partial charge in [-0.3, -0.25) is 4.39 Å². The van der Waals surface area contributed by atoms with Crippen LogP contribution in [0.15, 0.2) is 0 Å². The number of halogens is 5. The second-order valence-electron chi connectivity index (χ2n) is 2.46. The minimum absolute atomic E-state index is 0.159. The van der Waals surface area contributed by atoms with Crippen molar-refractivity contribution in [1.29, 1.82) is 0 Å². The molecule has 1 nitrogen and oxygen atoms in total. The van der Waals surface area contributed by atoms with Gasteiger partial charge in [0.2, 0.25) is 0 Å². The molecule has 0 aliphatic rings. The van der Waals surface area contributed by atoms with Gasteiger partial charge in [-0.1, -0.05) is 0 Å². The maximum atomic E-state index is 12.0. The predicted octanol–water partition coefficient (Wildman–Crippen LogP) is 3.00. The van der Waals surface area contributed by atoms with Gasteiger partial charge in [0.15, 0.2) is 0 Å². The third-order valence-corrected chi connectivity index (χ3v) is 1.33. The van der Waals surface area contributed by atoms with Crippen LogP contribution in [-0.4, -0.2) is 25.8 Å². The van der Waals surface area contributed by atoms with Crippen LogP contribution in [0.2, 0.25) is 0 Å². The van der Waals surface area contributed by atoms with Gasteiger partial charge in [-0.2, -0.15) is 8.78 Å². The lowest BCUT2D eigenvalue weighted by atomic mass is 10.2. The van der Waals surface area contributed by atoms with Gasteiger partial charge in [-0.05, 0) is 19.3 Å². The smallest absolute Gasteiger partial charge is 0.316 e. The molecule has 0 amide bonds. The fourth-order valence-electron chi connectivity index (χ4n) is 0.645. The van der Waals surface area contributed by atoms with Crippen molar-refractivity contribution in [2.45, 2.75) is 31.8 Å². The summed E-state index contributed by atoms with van der Waals surface area (Å²) in [6.45, 7) is -1.01. The first kappa shape index (κ1) is 12.6. The second-order valence-corrected chi connectivity index (χ2v) is 2.46. The van der Waals surface area contributed by atoms with Gasteiger partial charge >= 0.3 is 12.5 Å². The maximum Gasteiger partial charge on any atom is 0.416 e. The van der Waals surface area contributed by atoms with E-state index in [-0.39, 0.29) is 12.8 Å². The molecule has 0 aliphatic heterocycles. The second kappa shape index (κ2) is 6.12. The van der Waals surface area contributed by atoms with Crippen LogP contribution in [-0.2, 0) is 4.74 Å². The molecular weight excluding hydrogens is 195 g/mol. The molecule has 0 saturated carbocycles. The lowest BCUT2D eigenvalue weighted by molar-refractivity contribution is -0.300. The van der Waals surface area contributed by atoms with E-state index in [2.05, 4.69) is 4.74 Å². The van der Waals surface area contributed by atoms with Gasteiger partial charge < -0.3 is 4.74 Å². The lowest BCUT2D eigenvalue weighted by Gasteiger charge is -2.15. The molecule has 0 aromatic heterocycles. The van der Waals surface area contributed by atoms with Crippen LogP contribution in [0.3, 0.4) is 0 Å². The first-order chi connectivity index (χ1) is 6.00. The van der Waals surface area contributed by atoms with Crippen molar-refractivity contribution in [3.63, 3.8) is 0 Å². The Hall–Kier alpha value is -0.390. The Kier molecular flexibility index (Phi) is 5.94. The molecule has 0 spiro atoms. The molecule has 0 heterocycles. The van der Waals surface area contributed by atoms with Gasteiger partial charge in [-0.25, -0.2) is 8.78 Å².